The quantitative estimate of drug-likeness (QED) is 0.800. The molecule has 0 aliphatic carbocycles. The zero-order valence-corrected chi connectivity index (χ0v) is 11.0. The number of nitrogens with one attached hydrogen (secondary N) is 1. The average Bonchev–Trinajstić information content (AvgIpc) is 2.77. The van der Waals surface area contributed by atoms with Crippen LogP contribution in [-0.4, -0.2) is 15.0 Å². The van der Waals surface area contributed by atoms with Gasteiger partial charge in [0.2, 0.25) is 0 Å². The lowest BCUT2D eigenvalue weighted by Crippen LogP contribution is -1.98. The van der Waals surface area contributed by atoms with E-state index >= 15 is 0 Å². The maximum absolute atomic E-state index is 5.33. The van der Waals surface area contributed by atoms with Crippen LogP contribution in [0.25, 0.3) is 11.5 Å². The zero-order chi connectivity index (χ0) is 11.8. The van der Waals surface area contributed by atoms with E-state index in [1.807, 2.05) is 30.8 Å². The molecule has 0 spiro atoms. The minimum absolute atomic E-state index is 0.710. The standard InChI is InChI=1S/C12H11N3S2/c1-7-2-3-13-9(4-7)11-14-10-6-17-5-8(10)12(16)15-11/h2-4H,5-6H2,1H3,(H,14,15,16). The summed E-state index contributed by atoms with van der Waals surface area (Å²) in [4.78, 5) is 12.1. The van der Waals surface area contributed by atoms with Gasteiger partial charge in [-0.25, -0.2) is 4.98 Å². The highest BCUT2D eigenvalue weighted by atomic mass is 32.2. The summed E-state index contributed by atoms with van der Waals surface area (Å²) in [5, 5.41) is 0. The van der Waals surface area contributed by atoms with Gasteiger partial charge in [0, 0.05) is 29.0 Å². The lowest BCUT2D eigenvalue weighted by molar-refractivity contribution is 1.04. The molecule has 3 heterocycles. The van der Waals surface area contributed by atoms with Crippen LogP contribution in [0, 0.1) is 11.6 Å². The fraction of sp³-hybridized carbons (Fsp3) is 0.250. The smallest absolute Gasteiger partial charge is 0.157 e. The van der Waals surface area contributed by atoms with E-state index in [0.29, 0.717) is 4.64 Å². The van der Waals surface area contributed by atoms with E-state index < -0.39 is 0 Å². The Bertz CT molecular complexity index is 634. The van der Waals surface area contributed by atoms with E-state index in [2.05, 4.69) is 15.0 Å². The molecule has 1 aliphatic rings. The molecular formula is C12H11N3S2. The SMILES string of the molecule is Cc1ccnc(-c2nc(=S)c3c([nH]2)CSC3)c1. The molecule has 0 fully saturated rings. The van der Waals surface area contributed by atoms with Gasteiger partial charge in [0.05, 0.1) is 0 Å². The van der Waals surface area contributed by atoms with Gasteiger partial charge in [-0.2, -0.15) is 11.8 Å². The average molecular weight is 261 g/mol. The second kappa shape index (κ2) is 4.23. The molecule has 1 N–H and O–H groups in total. The molecule has 3 nitrogen and oxygen atoms in total. The number of aromatic nitrogens is 3. The molecule has 0 atom stereocenters. The largest absolute Gasteiger partial charge is 0.341 e. The van der Waals surface area contributed by atoms with Crippen LogP contribution in [0.15, 0.2) is 18.3 Å². The molecular weight excluding hydrogens is 250 g/mol. The zero-order valence-electron chi connectivity index (χ0n) is 9.36. The van der Waals surface area contributed by atoms with E-state index in [9.17, 15) is 0 Å². The van der Waals surface area contributed by atoms with E-state index in [-0.39, 0.29) is 0 Å². The van der Waals surface area contributed by atoms with Crippen molar-refractivity contribution in [1.29, 1.82) is 0 Å². The van der Waals surface area contributed by atoms with Crippen molar-refractivity contribution >= 4 is 24.0 Å². The van der Waals surface area contributed by atoms with Crippen molar-refractivity contribution in [3.63, 3.8) is 0 Å². The highest BCUT2D eigenvalue weighted by Crippen LogP contribution is 2.29. The van der Waals surface area contributed by atoms with E-state index in [4.69, 9.17) is 12.2 Å². The van der Waals surface area contributed by atoms with Gasteiger partial charge < -0.3 is 4.98 Å². The van der Waals surface area contributed by atoms with Crippen molar-refractivity contribution in [3.05, 3.63) is 39.8 Å². The van der Waals surface area contributed by atoms with Crippen molar-refractivity contribution in [2.75, 3.05) is 0 Å². The highest BCUT2D eigenvalue weighted by molar-refractivity contribution is 7.98. The van der Waals surface area contributed by atoms with Crippen LogP contribution in [0.5, 0.6) is 0 Å². The van der Waals surface area contributed by atoms with E-state index in [1.54, 1.807) is 6.20 Å². The van der Waals surface area contributed by atoms with Crippen LogP contribution in [-0.2, 0) is 11.5 Å². The topological polar surface area (TPSA) is 41.6 Å². The van der Waals surface area contributed by atoms with E-state index in [0.717, 1.165) is 23.0 Å². The molecule has 0 unspecified atom stereocenters. The Morgan fingerprint density at radius 2 is 2.29 bits per heavy atom. The van der Waals surface area contributed by atoms with Gasteiger partial charge in [-0.3, -0.25) is 4.98 Å². The molecule has 17 heavy (non-hydrogen) atoms. The van der Waals surface area contributed by atoms with Gasteiger partial charge in [-0.05, 0) is 24.6 Å². The van der Waals surface area contributed by atoms with Crippen molar-refractivity contribution in [2.24, 2.45) is 0 Å². The lowest BCUT2D eigenvalue weighted by atomic mass is 10.2. The van der Waals surface area contributed by atoms with Gasteiger partial charge in [0.25, 0.3) is 0 Å². The number of hydrogen-bond donors (Lipinski definition) is 1. The molecule has 3 rings (SSSR count). The Kier molecular flexibility index (Phi) is 2.72. The molecule has 5 heteroatoms. The monoisotopic (exact) mass is 261 g/mol. The Morgan fingerprint density at radius 1 is 1.41 bits per heavy atom. The molecule has 0 amide bonds. The third-order valence-electron chi connectivity index (χ3n) is 2.76. The van der Waals surface area contributed by atoms with Gasteiger partial charge in [0.15, 0.2) is 5.82 Å². The number of thioether (sulfide) groups is 1. The van der Waals surface area contributed by atoms with Crippen LogP contribution >= 0.6 is 24.0 Å². The molecule has 0 saturated carbocycles. The van der Waals surface area contributed by atoms with Crippen LogP contribution in [0.1, 0.15) is 16.8 Å². The Morgan fingerprint density at radius 3 is 3.12 bits per heavy atom. The fourth-order valence-corrected chi connectivity index (χ4v) is 3.30. The summed E-state index contributed by atoms with van der Waals surface area (Å²) in [6.45, 7) is 2.04. The number of aryl methyl sites for hydroxylation is 1. The first-order valence-corrected chi connectivity index (χ1v) is 6.93. The first-order valence-electron chi connectivity index (χ1n) is 5.37. The molecule has 0 bridgehead atoms. The van der Waals surface area contributed by atoms with Gasteiger partial charge in [0.1, 0.15) is 10.3 Å². The third kappa shape index (κ3) is 2.00. The predicted octanol–water partition coefficient (Wildman–Crippen LogP) is 3.26. The number of pyridine rings is 1. The molecule has 2 aromatic rings. The second-order valence-electron chi connectivity index (χ2n) is 4.06. The first-order chi connectivity index (χ1) is 8.24. The normalized spacial score (nSPS) is 13.7. The summed E-state index contributed by atoms with van der Waals surface area (Å²) in [6, 6.07) is 3.99. The summed E-state index contributed by atoms with van der Waals surface area (Å²) in [7, 11) is 0. The summed E-state index contributed by atoms with van der Waals surface area (Å²) >= 11 is 7.19. The molecule has 0 saturated heterocycles. The molecule has 0 aromatic carbocycles. The number of hydrogen-bond acceptors (Lipinski definition) is 4. The maximum atomic E-state index is 5.33. The minimum Gasteiger partial charge on any atom is -0.341 e. The van der Waals surface area contributed by atoms with Crippen LogP contribution < -0.4 is 0 Å². The number of H-pyrrole nitrogens is 1. The second-order valence-corrected chi connectivity index (χ2v) is 5.43. The minimum atomic E-state index is 0.710. The molecule has 1 aliphatic heterocycles. The van der Waals surface area contributed by atoms with Crippen LogP contribution in [0.2, 0.25) is 0 Å². The van der Waals surface area contributed by atoms with Crippen molar-refractivity contribution in [2.45, 2.75) is 18.4 Å². The fourth-order valence-electron chi connectivity index (χ4n) is 1.86. The van der Waals surface area contributed by atoms with Crippen molar-refractivity contribution in [3.8, 4) is 11.5 Å². The summed E-state index contributed by atoms with van der Waals surface area (Å²) < 4.78 is 0.710. The van der Waals surface area contributed by atoms with E-state index in [1.165, 1.54) is 16.8 Å². The van der Waals surface area contributed by atoms with Crippen molar-refractivity contribution in [1.82, 2.24) is 15.0 Å². The lowest BCUT2D eigenvalue weighted by Gasteiger charge is -2.05. The number of rotatable bonds is 1. The van der Waals surface area contributed by atoms with Gasteiger partial charge in [-0.1, -0.05) is 12.2 Å². The highest BCUT2D eigenvalue weighted by Gasteiger charge is 2.16. The number of nitrogens with zero attached hydrogens (tertiary/aromatic N) is 2. The Labute approximate surface area is 109 Å². The number of aromatic amines is 1. The molecule has 0 radical (unpaired) electrons. The van der Waals surface area contributed by atoms with Gasteiger partial charge >= 0.3 is 0 Å². The van der Waals surface area contributed by atoms with Crippen LogP contribution in [0.3, 0.4) is 0 Å². The third-order valence-corrected chi connectivity index (χ3v) is 4.08. The summed E-state index contributed by atoms with van der Waals surface area (Å²) in [5.74, 6) is 2.74. The molecule has 86 valence electrons. The maximum Gasteiger partial charge on any atom is 0.157 e. The first kappa shape index (κ1) is 10.9. The Balaban J connectivity index is 2.16. The molecule has 2 aromatic heterocycles. The van der Waals surface area contributed by atoms with Crippen LogP contribution in [0.4, 0.5) is 0 Å². The Hall–Kier alpha value is -1.20. The summed E-state index contributed by atoms with van der Waals surface area (Å²) in [6.07, 6.45) is 1.80. The predicted molar refractivity (Wildman–Crippen MR) is 72.4 cm³/mol. The number of fused-ring (bicyclic) bond motifs is 1. The van der Waals surface area contributed by atoms with Crippen molar-refractivity contribution < 1.29 is 0 Å². The summed E-state index contributed by atoms with van der Waals surface area (Å²) in [5.41, 5.74) is 4.41. The van der Waals surface area contributed by atoms with Gasteiger partial charge in [-0.15, -0.1) is 0 Å².